The van der Waals surface area contributed by atoms with Crippen molar-refractivity contribution in [3.8, 4) is 5.75 Å². The van der Waals surface area contributed by atoms with Crippen LogP contribution in [0.2, 0.25) is 0 Å². The zero-order valence-corrected chi connectivity index (χ0v) is 16.0. The van der Waals surface area contributed by atoms with Crippen molar-refractivity contribution >= 4 is 21.6 Å². The van der Waals surface area contributed by atoms with Crippen molar-refractivity contribution in [3.63, 3.8) is 0 Å². The number of para-hydroxylation sites is 2. The molecular weight excluding hydrogens is 352 g/mol. The van der Waals surface area contributed by atoms with Crippen LogP contribution in [0.1, 0.15) is 18.1 Å². The van der Waals surface area contributed by atoms with Crippen molar-refractivity contribution in [2.75, 3.05) is 23.7 Å². The highest BCUT2D eigenvalue weighted by atomic mass is 32.2. The van der Waals surface area contributed by atoms with Gasteiger partial charge >= 0.3 is 0 Å². The molecule has 0 fully saturated rings. The molecule has 0 aliphatic carbocycles. The predicted molar refractivity (Wildman–Crippen MR) is 103 cm³/mol. The SMILES string of the molecule is CCOc1ccccc1N(CC(=O)NCc1ccccc1C)S(C)(=O)=O. The molecule has 140 valence electrons. The molecule has 2 rings (SSSR count). The Hall–Kier alpha value is -2.54. The van der Waals surface area contributed by atoms with E-state index in [0.717, 1.165) is 21.7 Å². The molecule has 2 aromatic rings. The Kier molecular flexibility index (Phi) is 6.63. The first-order valence-corrected chi connectivity index (χ1v) is 10.2. The van der Waals surface area contributed by atoms with E-state index in [2.05, 4.69) is 5.32 Å². The fourth-order valence-corrected chi connectivity index (χ4v) is 3.37. The summed E-state index contributed by atoms with van der Waals surface area (Å²) in [6.07, 6.45) is 1.07. The Balaban J connectivity index is 2.16. The first-order chi connectivity index (χ1) is 12.3. The van der Waals surface area contributed by atoms with Crippen molar-refractivity contribution in [1.82, 2.24) is 5.32 Å². The Labute approximate surface area is 154 Å². The lowest BCUT2D eigenvalue weighted by Gasteiger charge is -2.24. The third kappa shape index (κ3) is 5.23. The van der Waals surface area contributed by atoms with E-state index in [0.29, 0.717) is 24.6 Å². The number of rotatable bonds is 8. The van der Waals surface area contributed by atoms with E-state index in [9.17, 15) is 13.2 Å². The topological polar surface area (TPSA) is 75.7 Å². The van der Waals surface area contributed by atoms with Gasteiger partial charge in [0.1, 0.15) is 12.3 Å². The van der Waals surface area contributed by atoms with E-state index in [1.807, 2.05) is 38.1 Å². The minimum atomic E-state index is -3.65. The van der Waals surface area contributed by atoms with Crippen LogP contribution in [0.15, 0.2) is 48.5 Å². The molecule has 0 aromatic heterocycles. The lowest BCUT2D eigenvalue weighted by Crippen LogP contribution is -2.40. The summed E-state index contributed by atoms with van der Waals surface area (Å²) in [5, 5.41) is 2.78. The number of carbonyl (C=O) groups is 1. The Morgan fingerprint density at radius 3 is 2.42 bits per heavy atom. The minimum Gasteiger partial charge on any atom is -0.492 e. The molecule has 0 aliphatic heterocycles. The highest BCUT2D eigenvalue weighted by Crippen LogP contribution is 2.29. The quantitative estimate of drug-likeness (QED) is 0.768. The van der Waals surface area contributed by atoms with E-state index in [-0.39, 0.29) is 12.5 Å². The molecule has 0 saturated carbocycles. The monoisotopic (exact) mass is 376 g/mol. The van der Waals surface area contributed by atoms with E-state index < -0.39 is 10.0 Å². The molecule has 0 saturated heterocycles. The normalized spacial score (nSPS) is 11.0. The zero-order valence-electron chi connectivity index (χ0n) is 15.2. The molecule has 0 spiro atoms. The average molecular weight is 376 g/mol. The minimum absolute atomic E-state index is 0.311. The van der Waals surface area contributed by atoms with Crippen LogP contribution in [0.3, 0.4) is 0 Å². The largest absolute Gasteiger partial charge is 0.492 e. The van der Waals surface area contributed by atoms with Crippen molar-refractivity contribution in [2.45, 2.75) is 20.4 Å². The summed E-state index contributed by atoms with van der Waals surface area (Å²) in [4.78, 5) is 12.4. The van der Waals surface area contributed by atoms with Crippen molar-refractivity contribution < 1.29 is 17.9 Å². The molecule has 26 heavy (non-hydrogen) atoms. The molecule has 0 unspecified atom stereocenters. The maximum Gasteiger partial charge on any atom is 0.241 e. The van der Waals surface area contributed by atoms with Crippen LogP contribution in [-0.2, 0) is 21.4 Å². The van der Waals surface area contributed by atoms with Crippen molar-refractivity contribution in [2.24, 2.45) is 0 Å². The number of hydrogen-bond donors (Lipinski definition) is 1. The number of ether oxygens (including phenoxy) is 1. The van der Waals surface area contributed by atoms with E-state index in [1.54, 1.807) is 24.3 Å². The van der Waals surface area contributed by atoms with Gasteiger partial charge in [-0.1, -0.05) is 36.4 Å². The lowest BCUT2D eigenvalue weighted by molar-refractivity contribution is -0.119. The number of hydrogen-bond acceptors (Lipinski definition) is 4. The first kappa shape index (κ1) is 19.8. The van der Waals surface area contributed by atoms with E-state index >= 15 is 0 Å². The fraction of sp³-hybridized carbons (Fsp3) is 0.316. The van der Waals surface area contributed by atoms with Gasteiger partial charge in [0.05, 0.1) is 18.6 Å². The summed E-state index contributed by atoms with van der Waals surface area (Å²) in [5.41, 5.74) is 2.40. The molecule has 0 bridgehead atoms. The number of sulfonamides is 1. The summed E-state index contributed by atoms with van der Waals surface area (Å²) in [5.74, 6) is 0.0390. The first-order valence-electron chi connectivity index (χ1n) is 8.33. The average Bonchev–Trinajstić information content (AvgIpc) is 2.59. The van der Waals surface area contributed by atoms with Gasteiger partial charge in [-0.25, -0.2) is 8.42 Å². The van der Waals surface area contributed by atoms with Crippen LogP contribution in [0, 0.1) is 6.92 Å². The summed E-state index contributed by atoms with van der Waals surface area (Å²) in [6, 6.07) is 14.5. The van der Waals surface area contributed by atoms with E-state index in [4.69, 9.17) is 4.74 Å². The molecule has 1 N–H and O–H groups in total. The number of nitrogens with one attached hydrogen (secondary N) is 1. The highest BCUT2D eigenvalue weighted by Gasteiger charge is 2.23. The molecule has 2 aromatic carbocycles. The predicted octanol–water partition coefficient (Wildman–Crippen LogP) is 2.48. The number of aryl methyl sites for hydroxylation is 1. The molecule has 0 atom stereocenters. The van der Waals surface area contributed by atoms with Gasteiger partial charge in [0, 0.05) is 6.54 Å². The van der Waals surface area contributed by atoms with Gasteiger partial charge in [-0.15, -0.1) is 0 Å². The number of amides is 1. The molecule has 0 radical (unpaired) electrons. The third-order valence-electron chi connectivity index (χ3n) is 3.86. The van der Waals surface area contributed by atoms with E-state index in [1.165, 1.54) is 0 Å². The molecular formula is C19H24N2O4S. The fourth-order valence-electron chi connectivity index (χ4n) is 2.51. The second-order valence-corrected chi connectivity index (χ2v) is 7.78. The van der Waals surface area contributed by atoms with Crippen LogP contribution in [-0.4, -0.2) is 33.7 Å². The van der Waals surface area contributed by atoms with Gasteiger partial charge in [-0.3, -0.25) is 9.10 Å². The second-order valence-electron chi connectivity index (χ2n) is 5.87. The van der Waals surface area contributed by atoms with Gasteiger partial charge in [-0.2, -0.15) is 0 Å². The molecule has 0 heterocycles. The standard InChI is InChI=1S/C19H24N2O4S/c1-4-25-18-12-8-7-11-17(18)21(26(3,23)24)14-19(22)20-13-16-10-6-5-9-15(16)2/h5-12H,4,13-14H2,1-3H3,(H,20,22). The van der Waals surface area contributed by atoms with Crippen LogP contribution in [0.4, 0.5) is 5.69 Å². The molecule has 0 aliphatic rings. The van der Waals surface area contributed by atoms with Gasteiger partial charge in [0.15, 0.2) is 0 Å². The lowest BCUT2D eigenvalue weighted by atomic mass is 10.1. The summed E-state index contributed by atoms with van der Waals surface area (Å²) < 4.78 is 31.0. The van der Waals surface area contributed by atoms with Crippen LogP contribution in [0.25, 0.3) is 0 Å². The van der Waals surface area contributed by atoms with Crippen molar-refractivity contribution in [1.29, 1.82) is 0 Å². The summed E-state index contributed by atoms with van der Waals surface area (Å²) in [6.45, 7) is 4.21. The Bertz CT molecular complexity index is 865. The smallest absolute Gasteiger partial charge is 0.241 e. The number of nitrogens with zero attached hydrogens (tertiary/aromatic N) is 1. The Morgan fingerprint density at radius 2 is 1.77 bits per heavy atom. The number of benzene rings is 2. The highest BCUT2D eigenvalue weighted by molar-refractivity contribution is 7.92. The van der Waals surface area contributed by atoms with Crippen LogP contribution >= 0.6 is 0 Å². The second kappa shape index (κ2) is 8.71. The van der Waals surface area contributed by atoms with Gasteiger partial charge in [0.2, 0.25) is 15.9 Å². The van der Waals surface area contributed by atoms with Gasteiger partial charge < -0.3 is 10.1 Å². The summed E-state index contributed by atoms with van der Waals surface area (Å²) in [7, 11) is -3.65. The van der Waals surface area contributed by atoms with Crippen LogP contribution < -0.4 is 14.4 Å². The van der Waals surface area contributed by atoms with Crippen LogP contribution in [0.5, 0.6) is 5.75 Å². The zero-order chi connectivity index (χ0) is 19.2. The molecule has 6 nitrogen and oxygen atoms in total. The third-order valence-corrected chi connectivity index (χ3v) is 4.99. The van der Waals surface area contributed by atoms with Gasteiger partial charge in [-0.05, 0) is 37.1 Å². The van der Waals surface area contributed by atoms with Gasteiger partial charge in [0.25, 0.3) is 0 Å². The summed E-state index contributed by atoms with van der Waals surface area (Å²) >= 11 is 0. The Morgan fingerprint density at radius 1 is 1.12 bits per heavy atom. The maximum absolute atomic E-state index is 12.4. The number of carbonyl (C=O) groups excluding carboxylic acids is 1. The number of anilines is 1. The van der Waals surface area contributed by atoms with Crippen molar-refractivity contribution in [3.05, 3.63) is 59.7 Å². The maximum atomic E-state index is 12.4. The molecule has 7 heteroatoms. The molecule has 1 amide bonds.